The average Bonchev–Trinajstić information content (AvgIpc) is 3.22. The first-order chi connectivity index (χ1) is 12.3. The van der Waals surface area contributed by atoms with E-state index >= 15 is 0 Å². The van der Waals surface area contributed by atoms with Crippen molar-refractivity contribution in [2.24, 2.45) is 0 Å². The topological polar surface area (TPSA) is 106 Å². The highest BCUT2D eigenvalue weighted by atomic mass is 32.2. The van der Waals surface area contributed by atoms with Gasteiger partial charge in [-0.05, 0) is 37.3 Å². The van der Waals surface area contributed by atoms with Crippen LogP contribution >= 0.6 is 0 Å². The number of carbonyl (C=O) groups excluding carboxylic acids is 1. The number of hydrogen-bond acceptors (Lipinski definition) is 5. The lowest BCUT2D eigenvalue weighted by Crippen LogP contribution is -2.15. The maximum Gasteiger partial charge on any atom is 0.354 e. The van der Waals surface area contributed by atoms with Gasteiger partial charge in [-0.25, -0.2) is 22.3 Å². The molecule has 136 valence electrons. The van der Waals surface area contributed by atoms with Crippen LogP contribution in [-0.2, 0) is 14.8 Å². The van der Waals surface area contributed by atoms with Crippen LogP contribution in [0.1, 0.15) is 16.2 Å². The number of nitrogens with zero attached hydrogens (tertiary/aromatic N) is 2. The molecule has 2 heterocycles. The molecule has 0 aliphatic carbocycles. The van der Waals surface area contributed by atoms with Gasteiger partial charge in [-0.1, -0.05) is 0 Å². The fourth-order valence-electron chi connectivity index (χ4n) is 2.31. The van der Waals surface area contributed by atoms with Gasteiger partial charge in [0.2, 0.25) is 0 Å². The highest BCUT2D eigenvalue weighted by molar-refractivity contribution is 7.92. The molecule has 0 saturated heterocycles. The van der Waals surface area contributed by atoms with E-state index in [1.807, 2.05) is 0 Å². The van der Waals surface area contributed by atoms with E-state index in [-0.39, 0.29) is 16.4 Å². The molecule has 3 aromatic rings. The third-order valence-electron chi connectivity index (χ3n) is 3.51. The van der Waals surface area contributed by atoms with Crippen molar-refractivity contribution >= 4 is 21.8 Å². The fourth-order valence-corrected chi connectivity index (χ4v) is 3.33. The van der Waals surface area contributed by atoms with E-state index in [1.54, 1.807) is 6.92 Å². The van der Waals surface area contributed by atoms with Crippen LogP contribution in [0.25, 0.3) is 5.69 Å². The van der Waals surface area contributed by atoms with Crippen LogP contribution in [-0.4, -0.2) is 36.3 Å². The first-order valence-corrected chi connectivity index (χ1v) is 8.90. The maximum atomic E-state index is 13.1. The van der Waals surface area contributed by atoms with E-state index in [0.29, 0.717) is 11.4 Å². The fraction of sp³-hybridized carbons (Fsp3) is 0.125. The van der Waals surface area contributed by atoms with Crippen LogP contribution in [0.15, 0.2) is 47.5 Å². The SMILES string of the molecule is COC(=O)c1cc(S(=O)(=O)Nc2cc(C)nn2-c2ccc(F)cc2)c[nH]1. The average molecular weight is 378 g/mol. The largest absolute Gasteiger partial charge is 0.464 e. The molecule has 8 nitrogen and oxygen atoms in total. The number of nitrogens with one attached hydrogen (secondary N) is 2. The number of aryl methyl sites for hydroxylation is 1. The summed E-state index contributed by atoms with van der Waals surface area (Å²) in [5.41, 5.74) is 1.06. The monoisotopic (exact) mass is 378 g/mol. The molecule has 0 saturated carbocycles. The molecular formula is C16H15FN4O4S. The first-order valence-electron chi connectivity index (χ1n) is 7.42. The molecule has 1 aromatic carbocycles. The number of rotatable bonds is 5. The van der Waals surface area contributed by atoms with Crippen molar-refractivity contribution in [1.29, 1.82) is 0 Å². The van der Waals surface area contributed by atoms with E-state index in [2.05, 4.69) is 19.5 Å². The summed E-state index contributed by atoms with van der Waals surface area (Å²) in [6.07, 6.45) is 1.18. The summed E-state index contributed by atoms with van der Waals surface area (Å²) < 4.78 is 46.6. The number of ether oxygens (including phenoxy) is 1. The quantitative estimate of drug-likeness (QED) is 0.662. The van der Waals surface area contributed by atoms with E-state index in [4.69, 9.17) is 0 Å². The van der Waals surface area contributed by atoms with E-state index in [9.17, 15) is 17.6 Å². The summed E-state index contributed by atoms with van der Waals surface area (Å²) in [7, 11) is -2.79. The second-order valence-electron chi connectivity index (χ2n) is 5.41. The lowest BCUT2D eigenvalue weighted by molar-refractivity contribution is 0.0594. The summed E-state index contributed by atoms with van der Waals surface area (Å²) >= 11 is 0. The molecule has 0 aliphatic heterocycles. The Morgan fingerprint density at radius 2 is 1.96 bits per heavy atom. The molecule has 0 radical (unpaired) electrons. The summed E-state index contributed by atoms with van der Waals surface area (Å²) in [5.74, 6) is -0.920. The van der Waals surface area contributed by atoms with Gasteiger partial charge in [0, 0.05) is 12.3 Å². The number of benzene rings is 1. The van der Waals surface area contributed by atoms with Crippen LogP contribution in [0.2, 0.25) is 0 Å². The Kier molecular flexibility index (Phi) is 4.51. The zero-order valence-electron chi connectivity index (χ0n) is 13.9. The number of halogens is 1. The molecule has 3 rings (SSSR count). The minimum Gasteiger partial charge on any atom is -0.464 e. The summed E-state index contributed by atoms with van der Waals surface area (Å²) in [4.78, 5) is 13.9. The zero-order valence-corrected chi connectivity index (χ0v) is 14.7. The molecule has 0 spiro atoms. The number of sulfonamides is 1. The van der Waals surface area contributed by atoms with Gasteiger partial charge in [0.05, 0.1) is 18.5 Å². The molecule has 10 heteroatoms. The van der Waals surface area contributed by atoms with Gasteiger partial charge in [-0.2, -0.15) is 5.10 Å². The predicted molar refractivity (Wildman–Crippen MR) is 91.2 cm³/mol. The first kappa shape index (κ1) is 17.7. The molecule has 0 amide bonds. The minimum absolute atomic E-state index is 0.0103. The van der Waals surface area contributed by atoms with Crippen molar-refractivity contribution in [1.82, 2.24) is 14.8 Å². The lowest BCUT2D eigenvalue weighted by atomic mass is 10.3. The summed E-state index contributed by atoms with van der Waals surface area (Å²) in [6, 6.07) is 8.16. The summed E-state index contributed by atoms with van der Waals surface area (Å²) in [6.45, 7) is 1.70. The van der Waals surface area contributed by atoms with Gasteiger partial charge in [-0.15, -0.1) is 0 Å². The van der Waals surface area contributed by atoms with Crippen molar-refractivity contribution in [3.8, 4) is 5.69 Å². The molecule has 0 bridgehead atoms. The van der Waals surface area contributed by atoms with Gasteiger partial charge in [-0.3, -0.25) is 4.72 Å². The Hall–Kier alpha value is -3.14. The molecule has 0 fully saturated rings. The van der Waals surface area contributed by atoms with Crippen molar-refractivity contribution in [2.75, 3.05) is 11.8 Å². The third kappa shape index (κ3) is 3.45. The second kappa shape index (κ2) is 6.64. The second-order valence-corrected chi connectivity index (χ2v) is 7.09. The van der Waals surface area contributed by atoms with Gasteiger partial charge < -0.3 is 9.72 Å². The van der Waals surface area contributed by atoms with Crippen molar-refractivity contribution in [3.05, 3.63) is 59.8 Å². The molecule has 0 aliphatic rings. The van der Waals surface area contributed by atoms with Crippen LogP contribution < -0.4 is 4.72 Å². The highest BCUT2D eigenvalue weighted by Gasteiger charge is 2.21. The van der Waals surface area contributed by atoms with Crippen LogP contribution in [0.4, 0.5) is 10.2 Å². The number of carbonyl (C=O) groups is 1. The van der Waals surface area contributed by atoms with E-state index in [0.717, 1.165) is 0 Å². The molecule has 2 aromatic heterocycles. The molecule has 0 atom stereocenters. The maximum absolute atomic E-state index is 13.1. The van der Waals surface area contributed by atoms with Gasteiger partial charge in [0.25, 0.3) is 10.0 Å². The van der Waals surface area contributed by atoms with Crippen LogP contribution in [0, 0.1) is 12.7 Å². The molecule has 2 N–H and O–H groups in total. The van der Waals surface area contributed by atoms with E-state index < -0.39 is 21.8 Å². The smallest absolute Gasteiger partial charge is 0.354 e. The standard InChI is InChI=1S/C16H15FN4O4S/c1-10-7-15(21(19-10)12-5-3-11(17)4-6-12)20-26(23,24)13-8-14(18-9-13)16(22)25-2/h3-9,18,20H,1-2H3. The highest BCUT2D eigenvalue weighted by Crippen LogP contribution is 2.21. The molecule has 0 unspecified atom stereocenters. The van der Waals surface area contributed by atoms with Gasteiger partial charge in [0.1, 0.15) is 22.2 Å². The number of hydrogen-bond donors (Lipinski definition) is 2. The van der Waals surface area contributed by atoms with E-state index in [1.165, 1.54) is 54.4 Å². The Labute approximate surface area is 148 Å². The number of methoxy groups -OCH3 is 1. The Balaban J connectivity index is 1.94. The lowest BCUT2D eigenvalue weighted by Gasteiger charge is -2.09. The molecule has 26 heavy (non-hydrogen) atoms. The van der Waals surface area contributed by atoms with Gasteiger partial charge >= 0.3 is 5.97 Å². The van der Waals surface area contributed by atoms with Crippen LogP contribution in [0.3, 0.4) is 0 Å². The number of esters is 1. The molecular weight excluding hydrogens is 363 g/mol. The minimum atomic E-state index is -3.98. The Bertz CT molecular complexity index is 1050. The predicted octanol–water partition coefficient (Wildman–Crippen LogP) is 2.24. The van der Waals surface area contributed by atoms with Crippen LogP contribution in [0.5, 0.6) is 0 Å². The van der Waals surface area contributed by atoms with Crippen molar-refractivity contribution < 1.29 is 22.3 Å². The van der Waals surface area contributed by atoms with Gasteiger partial charge in [0.15, 0.2) is 0 Å². The van der Waals surface area contributed by atoms with Crippen molar-refractivity contribution in [2.45, 2.75) is 11.8 Å². The summed E-state index contributed by atoms with van der Waals surface area (Å²) in [5, 5.41) is 4.22. The normalized spacial score (nSPS) is 11.3. The number of aromatic nitrogens is 3. The third-order valence-corrected chi connectivity index (χ3v) is 4.85. The number of anilines is 1. The van der Waals surface area contributed by atoms with Crippen molar-refractivity contribution in [3.63, 3.8) is 0 Å². The number of H-pyrrole nitrogens is 1. The number of aromatic amines is 1. The zero-order chi connectivity index (χ0) is 18.9. The Morgan fingerprint density at radius 3 is 2.62 bits per heavy atom. The Morgan fingerprint density at radius 1 is 1.27 bits per heavy atom.